The third kappa shape index (κ3) is 3.83. The number of benzene rings is 2. The van der Waals surface area contributed by atoms with Gasteiger partial charge in [0.25, 0.3) is 0 Å². The molecule has 0 radical (unpaired) electrons. The van der Waals surface area contributed by atoms with Gasteiger partial charge in [0.1, 0.15) is 35.9 Å². The zero-order valence-corrected chi connectivity index (χ0v) is 14.9. The second-order valence-corrected chi connectivity index (χ2v) is 6.80. The monoisotopic (exact) mass is 390 g/mol. The molecule has 2 heterocycles. The highest BCUT2D eigenvalue weighted by atomic mass is 16.8. The molecular weight excluding hydrogens is 368 g/mol. The van der Waals surface area contributed by atoms with E-state index in [9.17, 15) is 20.4 Å². The molecule has 0 amide bonds. The van der Waals surface area contributed by atoms with E-state index in [0.29, 0.717) is 11.1 Å². The van der Waals surface area contributed by atoms with Gasteiger partial charge in [0.05, 0.1) is 13.2 Å². The van der Waals surface area contributed by atoms with Crippen molar-refractivity contribution in [3.8, 4) is 11.5 Å². The van der Waals surface area contributed by atoms with Gasteiger partial charge in [0.15, 0.2) is 12.6 Å². The Kier molecular flexibility index (Phi) is 5.49. The van der Waals surface area contributed by atoms with Crippen molar-refractivity contribution in [1.29, 1.82) is 0 Å². The van der Waals surface area contributed by atoms with Crippen molar-refractivity contribution in [3.05, 3.63) is 59.7 Å². The minimum atomic E-state index is -1.14. The van der Waals surface area contributed by atoms with Crippen molar-refractivity contribution in [2.45, 2.75) is 37.0 Å². The van der Waals surface area contributed by atoms with E-state index >= 15 is 0 Å². The summed E-state index contributed by atoms with van der Waals surface area (Å²) in [6.07, 6.45) is -5.08. The molecule has 8 nitrogen and oxygen atoms in total. The molecule has 2 aromatic rings. The van der Waals surface area contributed by atoms with Crippen molar-refractivity contribution in [2.24, 2.45) is 0 Å². The average molecular weight is 390 g/mol. The van der Waals surface area contributed by atoms with Gasteiger partial charge in [-0.25, -0.2) is 0 Å². The van der Waals surface area contributed by atoms with E-state index in [1.54, 1.807) is 24.3 Å². The van der Waals surface area contributed by atoms with Gasteiger partial charge in [0, 0.05) is 11.1 Å². The lowest BCUT2D eigenvalue weighted by atomic mass is 10.0. The molecule has 28 heavy (non-hydrogen) atoms. The van der Waals surface area contributed by atoms with Crippen LogP contribution < -0.4 is 0 Å². The van der Waals surface area contributed by atoms with Crippen LogP contribution in [0.2, 0.25) is 0 Å². The lowest BCUT2D eigenvalue weighted by molar-refractivity contribution is -0.289. The molecule has 4 rings (SSSR count). The van der Waals surface area contributed by atoms with Crippen LogP contribution in [0.3, 0.4) is 0 Å². The highest BCUT2D eigenvalue weighted by Crippen LogP contribution is 2.37. The van der Waals surface area contributed by atoms with E-state index in [0.717, 1.165) is 0 Å². The highest BCUT2D eigenvalue weighted by Gasteiger charge is 2.46. The summed E-state index contributed by atoms with van der Waals surface area (Å²) < 4.78 is 23.4. The molecule has 0 bridgehead atoms. The van der Waals surface area contributed by atoms with Gasteiger partial charge in [-0.05, 0) is 24.3 Å². The second-order valence-electron chi connectivity index (χ2n) is 6.80. The van der Waals surface area contributed by atoms with Crippen LogP contribution in [0.1, 0.15) is 23.7 Å². The fraction of sp³-hybridized carbons (Fsp3) is 0.400. The lowest BCUT2D eigenvalue weighted by Gasteiger charge is -2.37. The van der Waals surface area contributed by atoms with Gasteiger partial charge in [0.2, 0.25) is 0 Å². The van der Waals surface area contributed by atoms with E-state index in [1.165, 1.54) is 24.3 Å². The van der Waals surface area contributed by atoms with E-state index < -0.39 is 43.6 Å². The number of aromatic hydroxyl groups is 2. The molecular formula is C20H22O8. The molecule has 8 heteroatoms. The molecule has 2 aliphatic heterocycles. The summed E-state index contributed by atoms with van der Waals surface area (Å²) >= 11 is 0. The maximum atomic E-state index is 10.7. The first-order valence-corrected chi connectivity index (χ1v) is 9.00. The summed E-state index contributed by atoms with van der Waals surface area (Å²) in [5, 5.41) is 39.4. The van der Waals surface area contributed by atoms with Crippen LogP contribution in [0.5, 0.6) is 11.5 Å². The third-order valence-electron chi connectivity index (χ3n) is 4.88. The highest BCUT2D eigenvalue weighted by molar-refractivity contribution is 5.28. The molecule has 150 valence electrons. The van der Waals surface area contributed by atoms with E-state index in [2.05, 4.69) is 0 Å². The van der Waals surface area contributed by atoms with Gasteiger partial charge >= 0.3 is 0 Å². The summed E-state index contributed by atoms with van der Waals surface area (Å²) in [7, 11) is 0. The summed E-state index contributed by atoms with van der Waals surface area (Å²) in [5.74, 6) is 0.232. The van der Waals surface area contributed by atoms with Crippen molar-refractivity contribution in [2.75, 3.05) is 13.2 Å². The Morgan fingerprint density at radius 1 is 0.786 bits per heavy atom. The first kappa shape index (κ1) is 19.1. The first-order chi connectivity index (χ1) is 13.5. The van der Waals surface area contributed by atoms with Crippen LogP contribution in [0, 0.1) is 0 Å². The quantitative estimate of drug-likeness (QED) is 0.620. The van der Waals surface area contributed by atoms with Gasteiger partial charge in [-0.15, -0.1) is 0 Å². The number of aliphatic hydroxyl groups is 2. The largest absolute Gasteiger partial charge is 0.508 e. The van der Waals surface area contributed by atoms with Crippen LogP contribution in [0.15, 0.2) is 48.5 Å². The van der Waals surface area contributed by atoms with Crippen molar-refractivity contribution < 1.29 is 39.4 Å². The molecule has 0 aromatic heterocycles. The van der Waals surface area contributed by atoms with Crippen molar-refractivity contribution in [3.63, 3.8) is 0 Å². The normalized spacial score (nSPS) is 33.1. The molecule has 0 aliphatic carbocycles. The Balaban J connectivity index is 1.56. The van der Waals surface area contributed by atoms with Crippen LogP contribution in [0.4, 0.5) is 0 Å². The Labute approximate surface area is 161 Å². The SMILES string of the molecule is OC[C@@H]1OC(c2ccc(O)cc2)O[C@@H]2COC(c3ccc(O)cc3)O[C@H]2[C@@H]1O. The summed E-state index contributed by atoms with van der Waals surface area (Å²) in [5.41, 5.74) is 1.31. The maximum Gasteiger partial charge on any atom is 0.184 e. The zero-order valence-electron chi connectivity index (χ0n) is 14.9. The summed E-state index contributed by atoms with van der Waals surface area (Å²) in [4.78, 5) is 0. The van der Waals surface area contributed by atoms with Gasteiger partial charge in [-0.2, -0.15) is 0 Å². The molecule has 0 spiro atoms. The number of phenols is 2. The Bertz CT molecular complexity index is 778. The fourth-order valence-electron chi connectivity index (χ4n) is 3.35. The van der Waals surface area contributed by atoms with Crippen LogP contribution >= 0.6 is 0 Å². The predicted molar refractivity (Wildman–Crippen MR) is 95.4 cm³/mol. The number of ether oxygens (including phenoxy) is 4. The van der Waals surface area contributed by atoms with E-state index in [4.69, 9.17) is 18.9 Å². The van der Waals surface area contributed by atoms with Crippen molar-refractivity contribution >= 4 is 0 Å². The minimum Gasteiger partial charge on any atom is -0.508 e. The lowest BCUT2D eigenvalue weighted by Crippen LogP contribution is -2.51. The van der Waals surface area contributed by atoms with E-state index in [1.807, 2.05) is 0 Å². The standard InChI is InChI=1S/C20H22O8/c21-9-15-17(24)18-16(27-20(26-15)12-3-7-14(23)8-4-12)10-25-19(28-18)11-1-5-13(22)6-2-11/h1-8,15-24H,9-10H2/t15-,16+,17+,18+,19?,20?/m0/s1. The molecule has 2 saturated heterocycles. The number of hydrogen-bond acceptors (Lipinski definition) is 8. The Morgan fingerprint density at radius 3 is 1.93 bits per heavy atom. The molecule has 2 aliphatic rings. The molecule has 4 N–H and O–H groups in total. The van der Waals surface area contributed by atoms with Gasteiger partial charge < -0.3 is 39.4 Å². The minimum absolute atomic E-state index is 0.107. The first-order valence-electron chi connectivity index (χ1n) is 9.00. The number of aliphatic hydroxyl groups excluding tert-OH is 2. The smallest absolute Gasteiger partial charge is 0.184 e. The maximum absolute atomic E-state index is 10.7. The van der Waals surface area contributed by atoms with Crippen LogP contribution in [-0.4, -0.2) is 58.1 Å². The number of hydrogen-bond donors (Lipinski definition) is 4. The van der Waals surface area contributed by atoms with Crippen LogP contribution in [0.25, 0.3) is 0 Å². The van der Waals surface area contributed by atoms with Crippen LogP contribution in [-0.2, 0) is 18.9 Å². The summed E-state index contributed by atoms with van der Waals surface area (Å²) in [6, 6.07) is 12.7. The number of fused-ring (bicyclic) bond motifs is 1. The zero-order chi connectivity index (χ0) is 19.7. The topological polar surface area (TPSA) is 118 Å². The summed E-state index contributed by atoms with van der Waals surface area (Å²) in [6.45, 7) is -0.278. The predicted octanol–water partition coefficient (Wildman–Crippen LogP) is 1.35. The van der Waals surface area contributed by atoms with E-state index in [-0.39, 0.29) is 18.1 Å². The second kappa shape index (κ2) is 8.04. The third-order valence-corrected chi connectivity index (χ3v) is 4.88. The van der Waals surface area contributed by atoms with Gasteiger partial charge in [-0.1, -0.05) is 24.3 Å². The molecule has 6 atom stereocenters. The molecule has 2 fully saturated rings. The Hall–Kier alpha value is -2.20. The number of rotatable bonds is 3. The average Bonchev–Trinajstić information content (AvgIpc) is 2.85. The fourth-order valence-corrected chi connectivity index (χ4v) is 3.35. The van der Waals surface area contributed by atoms with Gasteiger partial charge in [-0.3, -0.25) is 0 Å². The Morgan fingerprint density at radius 2 is 1.36 bits per heavy atom. The van der Waals surface area contributed by atoms with Crippen molar-refractivity contribution in [1.82, 2.24) is 0 Å². The molecule has 2 unspecified atom stereocenters. The molecule has 0 saturated carbocycles. The molecule has 2 aromatic carbocycles. The number of phenolic OH excluding ortho intramolecular Hbond substituents is 2.